The van der Waals surface area contributed by atoms with E-state index in [-0.39, 0.29) is 0 Å². The van der Waals surface area contributed by atoms with Crippen LogP contribution in [-0.4, -0.2) is 13.2 Å². The maximum Gasteiger partial charge on any atom is 0.124 e. The summed E-state index contributed by atoms with van der Waals surface area (Å²) in [5.74, 6) is 1.68. The molecule has 0 saturated carbocycles. The summed E-state index contributed by atoms with van der Waals surface area (Å²) >= 11 is 0. The average molecular weight is 343 g/mol. The molecule has 0 heterocycles. The third-order valence-electron chi connectivity index (χ3n) is 4.53. The van der Waals surface area contributed by atoms with Gasteiger partial charge in [0.05, 0.1) is 0 Å². The Morgan fingerprint density at radius 2 is 1.35 bits per heavy atom. The molecule has 0 aliphatic carbocycles. The van der Waals surface area contributed by atoms with Gasteiger partial charge in [0.25, 0.3) is 0 Å². The summed E-state index contributed by atoms with van der Waals surface area (Å²) in [5.41, 5.74) is 6.99. The molecule has 130 valence electrons. The van der Waals surface area contributed by atoms with Crippen molar-refractivity contribution in [1.29, 1.82) is 0 Å². The molecule has 0 unspecified atom stereocenters. The highest BCUT2D eigenvalue weighted by Gasteiger charge is 2.07. The largest absolute Gasteiger partial charge is 0.490 e. The molecule has 0 aromatic heterocycles. The van der Waals surface area contributed by atoms with E-state index in [1.165, 1.54) is 16.2 Å². The van der Waals surface area contributed by atoms with Crippen molar-refractivity contribution in [3.63, 3.8) is 0 Å². The summed E-state index contributed by atoms with van der Waals surface area (Å²) in [6.45, 7) is 1.40. The van der Waals surface area contributed by atoms with Gasteiger partial charge in [-0.2, -0.15) is 0 Å². The molecule has 26 heavy (non-hydrogen) atoms. The second-order valence-corrected chi connectivity index (χ2v) is 6.17. The molecule has 0 fully saturated rings. The molecule has 0 aliphatic heterocycles. The van der Waals surface area contributed by atoms with Crippen LogP contribution in [0.15, 0.2) is 78.9 Å². The van der Waals surface area contributed by atoms with E-state index in [0.29, 0.717) is 19.8 Å². The Labute approximate surface area is 153 Å². The fourth-order valence-electron chi connectivity index (χ4n) is 3.23. The molecule has 4 rings (SSSR count). The Bertz CT molecular complexity index is 1040. The molecule has 0 bridgehead atoms. The van der Waals surface area contributed by atoms with Crippen molar-refractivity contribution in [2.45, 2.75) is 6.54 Å². The molecule has 0 radical (unpaired) electrons. The van der Waals surface area contributed by atoms with E-state index in [0.717, 1.165) is 22.4 Å². The molecule has 0 spiro atoms. The van der Waals surface area contributed by atoms with Crippen molar-refractivity contribution in [3.05, 3.63) is 84.4 Å². The van der Waals surface area contributed by atoms with Gasteiger partial charge in [-0.05, 0) is 39.7 Å². The number of hydrogen-bond acceptors (Lipinski definition) is 3. The normalized spacial score (nSPS) is 11.0. The molecule has 0 amide bonds. The Hall–Kier alpha value is -3.04. The minimum absolute atomic E-state index is 0.447. The molecule has 2 N–H and O–H groups in total. The van der Waals surface area contributed by atoms with Crippen molar-refractivity contribution >= 4 is 21.5 Å². The zero-order valence-electron chi connectivity index (χ0n) is 14.5. The minimum atomic E-state index is 0.447. The maximum absolute atomic E-state index is 5.95. The van der Waals surface area contributed by atoms with Gasteiger partial charge in [-0.25, -0.2) is 0 Å². The standard InChI is InChI=1S/C23H21NO2/c24-16-22-21-8-4-3-6-18(21)10-12-23(22)26-14-13-25-20-11-9-17-5-1-2-7-19(17)15-20/h1-12,15H,13-14,16,24H2. The fraction of sp³-hybridized carbons (Fsp3) is 0.130. The number of fused-ring (bicyclic) bond motifs is 2. The second-order valence-electron chi connectivity index (χ2n) is 6.17. The number of hydrogen-bond donors (Lipinski definition) is 1. The van der Waals surface area contributed by atoms with Gasteiger partial charge in [0.2, 0.25) is 0 Å². The summed E-state index contributed by atoms with van der Waals surface area (Å²) in [6.07, 6.45) is 0. The maximum atomic E-state index is 5.95. The van der Waals surface area contributed by atoms with E-state index >= 15 is 0 Å². The molecule has 0 saturated heterocycles. The Morgan fingerprint density at radius 1 is 0.654 bits per heavy atom. The lowest BCUT2D eigenvalue weighted by Gasteiger charge is -2.14. The topological polar surface area (TPSA) is 44.5 Å². The van der Waals surface area contributed by atoms with Gasteiger partial charge in [-0.1, -0.05) is 60.7 Å². The van der Waals surface area contributed by atoms with Crippen LogP contribution in [0.4, 0.5) is 0 Å². The lowest BCUT2D eigenvalue weighted by Crippen LogP contribution is -2.11. The van der Waals surface area contributed by atoms with Gasteiger partial charge in [-0.3, -0.25) is 0 Å². The summed E-state index contributed by atoms with van der Waals surface area (Å²) in [5, 5.41) is 4.70. The first-order valence-corrected chi connectivity index (χ1v) is 8.80. The first-order valence-electron chi connectivity index (χ1n) is 8.80. The van der Waals surface area contributed by atoms with Crippen LogP contribution in [0.25, 0.3) is 21.5 Å². The van der Waals surface area contributed by atoms with E-state index in [1.807, 2.05) is 36.4 Å². The van der Waals surface area contributed by atoms with Crippen molar-refractivity contribution in [2.75, 3.05) is 13.2 Å². The zero-order chi connectivity index (χ0) is 17.8. The summed E-state index contributed by atoms with van der Waals surface area (Å²) in [4.78, 5) is 0. The summed E-state index contributed by atoms with van der Waals surface area (Å²) in [7, 11) is 0. The predicted octanol–water partition coefficient (Wildman–Crippen LogP) is 4.91. The highest BCUT2D eigenvalue weighted by molar-refractivity contribution is 5.87. The van der Waals surface area contributed by atoms with E-state index in [4.69, 9.17) is 15.2 Å². The quantitative estimate of drug-likeness (QED) is 0.506. The van der Waals surface area contributed by atoms with Crippen LogP contribution in [0.2, 0.25) is 0 Å². The van der Waals surface area contributed by atoms with Crippen LogP contribution in [0.3, 0.4) is 0 Å². The van der Waals surface area contributed by atoms with Gasteiger partial charge in [0.15, 0.2) is 0 Å². The minimum Gasteiger partial charge on any atom is -0.490 e. The van der Waals surface area contributed by atoms with Crippen LogP contribution in [0, 0.1) is 0 Å². The number of rotatable bonds is 6. The fourth-order valence-corrected chi connectivity index (χ4v) is 3.23. The Morgan fingerprint density at radius 3 is 2.19 bits per heavy atom. The monoisotopic (exact) mass is 343 g/mol. The highest BCUT2D eigenvalue weighted by Crippen LogP contribution is 2.27. The van der Waals surface area contributed by atoms with Gasteiger partial charge in [0, 0.05) is 12.1 Å². The number of benzene rings is 4. The molecular formula is C23H21NO2. The highest BCUT2D eigenvalue weighted by atomic mass is 16.5. The first kappa shape index (κ1) is 16.4. The molecule has 3 nitrogen and oxygen atoms in total. The van der Waals surface area contributed by atoms with E-state index in [9.17, 15) is 0 Å². The van der Waals surface area contributed by atoms with E-state index in [1.54, 1.807) is 0 Å². The third-order valence-corrected chi connectivity index (χ3v) is 4.53. The van der Waals surface area contributed by atoms with Crippen molar-refractivity contribution < 1.29 is 9.47 Å². The predicted molar refractivity (Wildman–Crippen MR) is 107 cm³/mol. The summed E-state index contributed by atoms with van der Waals surface area (Å²) < 4.78 is 11.8. The van der Waals surface area contributed by atoms with Gasteiger partial charge < -0.3 is 15.2 Å². The van der Waals surface area contributed by atoms with Gasteiger partial charge in [-0.15, -0.1) is 0 Å². The van der Waals surface area contributed by atoms with E-state index in [2.05, 4.69) is 42.5 Å². The van der Waals surface area contributed by atoms with Crippen LogP contribution >= 0.6 is 0 Å². The Kier molecular flexibility index (Phi) is 4.71. The lowest BCUT2D eigenvalue weighted by atomic mass is 10.0. The van der Waals surface area contributed by atoms with Crippen molar-refractivity contribution in [3.8, 4) is 11.5 Å². The van der Waals surface area contributed by atoms with Crippen LogP contribution < -0.4 is 15.2 Å². The molecular weight excluding hydrogens is 322 g/mol. The third kappa shape index (κ3) is 3.35. The van der Waals surface area contributed by atoms with Crippen molar-refractivity contribution in [1.82, 2.24) is 0 Å². The van der Waals surface area contributed by atoms with Gasteiger partial charge in [0.1, 0.15) is 24.7 Å². The van der Waals surface area contributed by atoms with E-state index < -0.39 is 0 Å². The van der Waals surface area contributed by atoms with Crippen molar-refractivity contribution in [2.24, 2.45) is 5.73 Å². The van der Waals surface area contributed by atoms with Crippen LogP contribution in [-0.2, 0) is 6.54 Å². The average Bonchev–Trinajstić information content (AvgIpc) is 2.70. The molecule has 4 aromatic rings. The Balaban J connectivity index is 1.42. The number of ether oxygens (including phenoxy) is 2. The SMILES string of the molecule is NCc1c(OCCOc2ccc3ccccc3c2)ccc2ccccc12. The van der Waals surface area contributed by atoms with Crippen LogP contribution in [0.5, 0.6) is 11.5 Å². The smallest absolute Gasteiger partial charge is 0.124 e. The lowest BCUT2D eigenvalue weighted by molar-refractivity contribution is 0.216. The van der Waals surface area contributed by atoms with Crippen LogP contribution in [0.1, 0.15) is 5.56 Å². The van der Waals surface area contributed by atoms with Gasteiger partial charge >= 0.3 is 0 Å². The zero-order valence-corrected chi connectivity index (χ0v) is 14.5. The number of nitrogens with two attached hydrogens (primary N) is 1. The summed E-state index contributed by atoms with van der Waals surface area (Å²) in [6, 6.07) is 26.6. The first-order chi connectivity index (χ1) is 12.8. The molecule has 3 heteroatoms. The molecule has 4 aromatic carbocycles. The molecule has 0 aliphatic rings. The molecule has 0 atom stereocenters. The second kappa shape index (κ2) is 7.46.